The summed E-state index contributed by atoms with van der Waals surface area (Å²) in [6.45, 7) is 4.14. The highest BCUT2D eigenvalue weighted by Gasteiger charge is 2.20. The van der Waals surface area contributed by atoms with Crippen molar-refractivity contribution in [3.63, 3.8) is 0 Å². The normalized spacial score (nSPS) is 12.5. The van der Waals surface area contributed by atoms with Crippen molar-refractivity contribution in [2.45, 2.75) is 19.9 Å². The maximum atomic E-state index is 12.4. The summed E-state index contributed by atoms with van der Waals surface area (Å²) >= 11 is 1.29. The Balaban J connectivity index is 1.75. The molecule has 0 aliphatic rings. The SMILES string of the molecule is CC(C)C(NC(=O)Nc1snc2ccccc12)c1cnn(C)c1. The average molecular weight is 329 g/mol. The van der Waals surface area contributed by atoms with Crippen molar-refractivity contribution >= 4 is 33.5 Å². The van der Waals surface area contributed by atoms with Gasteiger partial charge in [0.1, 0.15) is 5.00 Å². The molecule has 0 saturated carbocycles. The van der Waals surface area contributed by atoms with Crippen LogP contribution in [0.4, 0.5) is 9.80 Å². The van der Waals surface area contributed by atoms with Crippen LogP contribution in [0.25, 0.3) is 10.9 Å². The van der Waals surface area contributed by atoms with Gasteiger partial charge in [0.15, 0.2) is 0 Å². The van der Waals surface area contributed by atoms with Gasteiger partial charge in [-0.15, -0.1) is 0 Å². The number of nitrogens with one attached hydrogen (secondary N) is 2. The molecule has 7 heteroatoms. The molecule has 0 aliphatic heterocycles. The van der Waals surface area contributed by atoms with Crippen LogP contribution in [-0.2, 0) is 7.05 Å². The maximum Gasteiger partial charge on any atom is 0.320 e. The molecular formula is C16H19N5OS. The summed E-state index contributed by atoms with van der Waals surface area (Å²) in [5.41, 5.74) is 1.88. The first-order valence-electron chi connectivity index (χ1n) is 7.45. The molecule has 120 valence electrons. The van der Waals surface area contributed by atoms with Gasteiger partial charge in [0.25, 0.3) is 0 Å². The quantitative estimate of drug-likeness (QED) is 0.769. The Morgan fingerprint density at radius 3 is 2.78 bits per heavy atom. The third-order valence-electron chi connectivity index (χ3n) is 3.65. The second kappa shape index (κ2) is 6.37. The van der Waals surface area contributed by atoms with Gasteiger partial charge in [0.05, 0.1) is 17.8 Å². The second-order valence-corrected chi connectivity index (χ2v) is 6.57. The highest BCUT2D eigenvalue weighted by molar-refractivity contribution is 7.12. The largest absolute Gasteiger partial charge is 0.331 e. The standard InChI is InChI=1S/C16H19N5OS/c1-10(2)14(11-8-17-21(3)9-11)18-16(22)19-15-12-6-4-5-7-13(12)20-23-15/h4-10,14H,1-3H3,(H2,18,19,22). The Hall–Kier alpha value is -2.41. The first kappa shape index (κ1) is 15.5. The van der Waals surface area contributed by atoms with Crippen LogP contribution in [0, 0.1) is 5.92 Å². The van der Waals surface area contributed by atoms with E-state index in [2.05, 4.69) is 34.0 Å². The zero-order valence-corrected chi connectivity index (χ0v) is 14.1. The van der Waals surface area contributed by atoms with Crippen LogP contribution in [0.15, 0.2) is 36.7 Å². The van der Waals surface area contributed by atoms with Crippen molar-refractivity contribution in [1.82, 2.24) is 19.5 Å². The van der Waals surface area contributed by atoms with Crippen LogP contribution in [0.2, 0.25) is 0 Å². The van der Waals surface area contributed by atoms with E-state index in [0.717, 1.165) is 21.5 Å². The molecule has 2 N–H and O–H groups in total. The van der Waals surface area contributed by atoms with Crippen molar-refractivity contribution in [3.8, 4) is 0 Å². The van der Waals surface area contributed by atoms with E-state index in [-0.39, 0.29) is 18.0 Å². The Morgan fingerprint density at radius 2 is 2.09 bits per heavy atom. The summed E-state index contributed by atoms with van der Waals surface area (Å²) in [6, 6.07) is 7.43. The summed E-state index contributed by atoms with van der Waals surface area (Å²) in [6.07, 6.45) is 3.71. The molecule has 0 fully saturated rings. The van der Waals surface area contributed by atoms with Crippen molar-refractivity contribution in [2.24, 2.45) is 13.0 Å². The number of amides is 2. The minimum Gasteiger partial charge on any atom is -0.331 e. The number of fused-ring (bicyclic) bond motifs is 1. The molecule has 2 heterocycles. The molecule has 23 heavy (non-hydrogen) atoms. The van der Waals surface area contributed by atoms with Crippen LogP contribution in [0.3, 0.4) is 0 Å². The number of rotatable bonds is 4. The molecule has 0 spiro atoms. The topological polar surface area (TPSA) is 71.8 Å². The summed E-state index contributed by atoms with van der Waals surface area (Å²) < 4.78 is 6.07. The number of aryl methyl sites for hydroxylation is 1. The number of nitrogens with zero attached hydrogens (tertiary/aromatic N) is 3. The Morgan fingerprint density at radius 1 is 1.30 bits per heavy atom. The Kier molecular flexibility index (Phi) is 4.29. The van der Waals surface area contributed by atoms with E-state index < -0.39 is 0 Å². The highest BCUT2D eigenvalue weighted by Crippen LogP contribution is 2.27. The van der Waals surface area contributed by atoms with Crippen molar-refractivity contribution in [2.75, 3.05) is 5.32 Å². The van der Waals surface area contributed by atoms with Gasteiger partial charge in [0, 0.05) is 24.2 Å². The van der Waals surface area contributed by atoms with Crippen molar-refractivity contribution in [3.05, 3.63) is 42.2 Å². The lowest BCUT2D eigenvalue weighted by molar-refractivity contribution is 0.245. The monoisotopic (exact) mass is 329 g/mol. The molecular weight excluding hydrogens is 310 g/mol. The number of aromatic nitrogens is 3. The summed E-state index contributed by atoms with van der Waals surface area (Å²) in [5, 5.41) is 11.8. The predicted octanol–water partition coefficient (Wildman–Crippen LogP) is 3.55. The van der Waals surface area contributed by atoms with E-state index in [1.165, 1.54) is 11.5 Å². The fourth-order valence-corrected chi connectivity index (χ4v) is 3.25. The van der Waals surface area contributed by atoms with Crippen LogP contribution >= 0.6 is 11.5 Å². The number of hydrogen-bond acceptors (Lipinski definition) is 4. The maximum absolute atomic E-state index is 12.4. The molecule has 2 aromatic heterocycles. The van der Waals surface area contributed by atoms with Gasteiger partial charge in [-0.2, -0.15) is 9.47 Å². The van der Waals surface area contributed by atoms with Crippen molar-refractivity contribution in [1.29, 1.82) is 0 Å². The molecule has 1 unspecified atom stereocenters. The van der Waals surface area contributed by atoms with E-state index in [9.17, 15) is 4.79 Å². The van der Waals surface area contributed by atoms with E-state index in [0.29, 0.717) is 0 Å². The zero-order chi connectivity index (χ0) is 16.4. The first-order chi connectivity index (χ1) is 11.0. The number of hydrogen-bond donors (Lipinski definition) is 2. The molecule has 0 radical (unpaired) electrons. The molecule has 0 saturated heterocycles. The highest BCUT2D eigenvalue weighted by atomic mass is 32.1. The third kappa shape index (κ3) is 3.34. The smallest absolute Gasteiger partial charge is 0.320 e. The molecule has 2 amide bonds. The average Bonchev–Trinajstić information content (AvgIpc) is 3.12. The van der Waals surface area contributed by atoms with Gasteiger partial charge >= 0.3 is 6.03 Å². The molecule has 1 atom stereocenters. The summed E-state index contributed by atoms with van der Waals surface area (Å²) in [5.74, 6) is 0.253. The summed E-state index contributed by atoms with van der Waals surface area (Å²) in [4.78, 5) is 12.4. The number of carbonyl (C=O) groups excluding carboxylic acids is 1. The third-order valence-corrected chi connectivity index (χ3v) is 4.44. The molecule has 1 aromatic carbocycles. The fraction of sp³-hybridized carbons (Fsp3) is 0.312. The van der Waals surface area contributed by atoms with Gasteiger partial charge in [-0.25, -0.2) is 4.79 Å². The first-order valence-corrected chi connectivity index (χ1v) is 8.22. The minimum absolute atomic E-state index is 0.0946. The second-order valence-electron chi connectivity index (χ2n) is 5.80. The van der Waals surface area contributed by atoms with Gasteiger partial charge in [-0.3, -0.25) is 10.00 Å². The summed E-state index contributed by atoms with van der Waals surface area (Å²) in [7, 11) is 1.87. The molecule has 3 aromatic rings. The van der Waals surface area contributed by atoms with Crippen LogP contribution in [-0.4, -0.2) is 20.2 Å². The van der Waals surface area contributed by atoms with Crippen molar-refractivity contribution < 1.29 is 4.79 Å². The van der Waals surface area contributed by atoms with Crippen LogP contribution < -0.4 is 10.6 Å². The van der Waals surface area contributed by atoms with Gasteiger partial charge in [0.2, 0.25) is 0 Å². The molecule has 0 bridgehead atoms. The van der Waals surface area contributed by atoms with Gasteiger partial charge in [-0.1, -0.05) is 26.0 Å². The number of urea groups is 1. The van der Waals surface area contributed by atoms with E-state index in [4.69, 9.17) is 0 Å². The van der Waals surface area contributed by atoms with E-state index in [1.54, 1.807) is 10.9 Å². The van der Waals surface area contributed by atoms with E-state index in [1.807, 2.05) is 37.5 Å². The zero-order valence-electron chi connectivity index (χ0n) is 13.3. The predicted molar refractivity (Wildman–Crippen MR) is 92.6 cm³/mol. The van der Waals surface area contributed by atoms with Gasteiger partial charge in [-0.05, 0) is 29.6 Å². The number of anilines is 1. The van der Waals surface area contributed by atoms with Crippen LogP contribution in [0.5, 0.6) is 0 Å². The fourth-order valence-electron chi connectivity index (χ4n) is 2.50. The van der Waals surface area contributed by atoms with Crippen LogP contribution in [0.1, 0.15) is 25.5 Å². The lowest BCUT2D eigenvalue weighted by Crippen LogP contribution is -2.34. The lowest BCUT2D eigenvalue weighted by Gasteiger charge is -2.21. The van der Waals surface area contributed by atoms with Gasteiger partial charge < -0.3 is 5.32 Å². The van der Waals surface area contributed by atoms with E-state index >= 15 is 0 Å². The molecule has 6 nitrogen and oxygen atoms in total. The minimum atomic E-state index is -0.234. The Labute approximate surface area is 138 Å². The lowest BCUT2D eigenvalue weighted by atomic mass is 9.99. The number of benzene rings is 1. The molecule has 3 rings (SSSR count). The Bertz CT molecular complexity index is 823. The molecule has 0 aliphatic carbocycles. The number of carbonyl (C=O) groups is 1.